The Kier molecular flexibility index (Phi) is 12.5. The van der Waals surface area contributed by atoms with Crippen molar-refractivity contribution in [1.29, 1.82) is 0 Å². The van der Waals surface area contributed by atoms with Crippen molar-refractivity contribution in [3.8, 4) is 0 Å². The fourth-order valence-electron chi connectivity index (χ4n) is 3.70. The number of rotatable bonds is 10. The number of anilines is 6. The monoisotopic (exact) mass is 572 g/mol. The lowest BCUT2D eigenvalue weighted by Gasteiger charge is -2.13. The predicted octanol–water partition coefficient (Wildman–Crippen LogP) is 5.77. The predicted molar refractivity (Wildman–Crippen MR) is 175 cm³/mol. The lowest BCUT2D eigenvalue weighted by atomic mass is 10.2. The van der Waals surface area contributed by atoms with Crippen LogP contribution in [0.5, 0.6) is 0 Å². The van der Waals surface area contributed by atoms with E-state index >= 15 is 0 Å². The number of hydrogen-bond donors (Lipinski definition) is 8. The zero-order valence-corrected chi connectivity index (χ0v) is 24.5. The molecule has 3 aromatic rings. The van der Waals surface area contributed by atoms with Crippen LogP contribution in [0, 0.1) is 0 Å². The molecule has 0 heterocycles. The summed E-state index contributed by atoms with van der Waals surface area (Å²) in [6.45, 7) is 10.8. The second-order valence-electron chi connectivity index (χ2n) is 8.85. The molecule has 0 fully saturated rings. The standard InChI is InChI=1S/C30H40N10O2/c1-5-31-27(32-6-2)35-21-9-13-23(14-10-21)37-29(41)39-25-17-19-26(20-18-25)40-30(42)38-24-15-11-22(12-16-24)36-28(33-7-3)34-8-4/h9-20H,5-8H2,1-4H3,(H2,31,32,35)(H2,33,34,36)(H2,37,39,41)(H2,38,40,42). The maximum Gasteiger partial charge on any atom is 0.323 e. The van der Waals surface area contributed by atoms with E-state index in [0.29, 0.717) is 47.8 Å². The topological polar surface area (TPSA) is 155 Å². The summed E-state index contributed by atoms with van der Waals surface area (Å²) in [5.74, 6) is 1.40. The van der Waals surface area contributed by atoms with Gasteiger partial charge in [-0.25, -0.2) is 9.59 Å². The largest absolute Gasteiger partial charge is 0.356 e. The van der Waals surface area contributed by atoms with Crippen LogP contribution in [-0.4, -0.2) is 50.2 Å². The summed E-state index contributed by atoms with van der Waals surface area (Å²) in [6, 6.07) is 20.7. The van der Waals surface area contributed by atoms with Gasteiger partial charge in [-0.3, -0.25) is 9.98 Å². The fourth-order valence-corrected chi connectivity index (χ4v) is 3.70. The molecule has 0 saturated carbocycles. The van der Waals surface area contributed by atoms with Crippen molar-refractivity contribution >= 4 is 58.1 Å². The number of carbonyl (C=O) groups excluding carboxylic acids is 2. The summed E-state index contributed by atoms with van der Waals surface area (Å²) >= 11 is 0. The Hall–Kier alpha value is -5.26. The highest BCUT2D eigenvalue weighted by atomic mass is 16.2. The molecule has 12 nitrogen and oxygen atoms in total. The molecular weight excluding hydrogens is 532 g/mol. The number of urea groups is 2. The van der Waals surface area contributed by atoms with Crippen molar-refractivity contribution in [2.45, 2.75) is 27.7 Å². The first kappa shape index (κ1) is 31.3. The Morgan fingerprint density at radius 1 is 0.452 bits per heavy atom. The van der Waals surface area contributed by atoms with Crippen LogP contribution in [0.15, 0.2) is 82.8 Å². The molecule has 12 heteroatoms. The lowest BCUT2D eigenvalue weighted by molar-refractivity contribution is 0.261. The summed E-state index contributed by atoms with van der Waals surface area (Å²) in [5.41, 5.74) is 4.14. The molecule has 0 aliphatic rings. The quantitative estimate of drug-likeness (QED) is 0.114. The van der Waals surface area contributed by atoms with Crippen molar-refractivity contribution in [3.05, 3.63) is 72.8 Å². The molecule has 0 atom stereocenters. The highest BCUT2D eigenvalue weighted by Gasteiger charge is 2.07. The zero-order chi connectivity index (χ0) is 30.2. The molecule has 3 rings (SSSR count). The van der Waals surface area contributed by atoms with E-state index in [0.717, 1.165) is 24.5 Å². The number of guanidine groups is 2. The van der Waals surface area contributed by atoms with Crippen LogP contribution in [0.4, 0.5) is 43.7 Å². The van der Waals surface area contributed by atoms with E-state index in [9.17, 15) is 9.59 Å². The number of benzene rings is 3. The van der Waals surface area contributed by atoms with Crippen LogP contribution in [-0.2, 0) is 0 Å². The Bertz CT molecular complexity index is 1230. The van der Waals surface area contributed by atoms with Gasteiger partial charge in [0.2, 0.25) is 0 Å². The molecule has 42 heavy (non-hydrogen) atoms. The van der Waals surface area contributed by atoms with Gasteiger partial charge in [0.15, 0.2) is 11.9 Å². The van der Waals surface area contributed by atoms with Crippen LogP contribution in [0.2, 0.25) is 0 Å². The van der Waals surface area contributed by atoms with Crippen LogP contribution in [0.25, 0.3) is 0 Å². The zero-order valence-electron chi connectivity index (χ0n) is 24.5. The van der Waals surface area contributed by atoms with Crippen LogP contribution >= 0.6 is 0 Å². The third-order valence-corrected chi connectivity index (χ3v) is 5.53. The van der Waals surface area contributed by atoms with Gasteiger partial charge < -0.3 is 42.5 Å². The minimum absolute atomic E-state index is 0.383. The van der Waals surface area contributed by atoms with Gasteiger partial charge in [-0.1, -0.05) is 0 Å². The van der Waals surface area contributed by atoms with Crippen molar-refractivity contribution in [2.24, 2.45) is 9.98 Å². The normalized spacial score (nSPS) is 11.2. The molecule has 0 radical (unpaired) electrons. The van der Waals surface area contributed by atoms with Crippen LogP contribution < -0.4 is 42.5 Å². The molecule has 0 aromatic heterocycles. The highest BCUT2D eigenvalue weighted by Crippen LogP contribution is 2.18. The molecule has 0 spiro atoms. The smallest absolute Gasteiger partial charge is 0.323 e. The fraction of sp³-hybridized carbons (Fsp3) is 0.267. The van der Waals surface area contributed by atoms with E-state index < -0.39 is 0 Å². The SMILES string of the molecule is CCN=C(NCC)Nc1ccc(NC(=O)Nc2ccc(NC(=O)Nc3ccc(NC(=NCC)NCC)cc3)cc2)cc1. The highest BCUT2D eigenvalue weighted by molar-refractivity contribution is 6.02. The third-order valence-electron chi connectivity index (χ3n) is 5.53. The van der Waals surface area contributed by atoms with Gasteiger partial charge in [0, 0.05) is 60.3 Å². The number of hydrogen-bond acceptors (Lipinski definition) is 4. The molecule has 222 valence electrons. The Morgan fingerprint density at radius 3 is 0.905 bits per heavy atom. The van der Waals surface area contributed by atoms with Crippen molar-refractivity contribution in [2.75, 3.05) is 58.1 Å². The van der Waals surface area contributed by atoms with E-state index in [1.807, 2.05) is 52.0 Å². The van der Waals surface area contributed by atoms with E-state index in [1.54, 1.807) is 48.5 Å². The maximum absolute atomic E-state index is 12.5. The summed E-state index contributed by atoms with van der Waals surface area (Å²) in [5, 5.41) is 23.9. The second kappa shape index (κ2) is 16.8. The number of carbonyl (C=O) groups is 2. The van der Waals surface area contributed by atoms with Gasteiger partial charge in [-0.2, -0.15) is 0 Å². The molecule has 0 aliphatic carbocycles. The van der Waals surface area contributed by atoms with Crippen LogP contribution in [0.1, 0.15) is 27.7 Å². The lowest BCUT2D eigenvalue weighted by Crippen LogP contribution is -2.30. The molecule has 4 amide bonds. The summed E-state index contributed by atoms with van der Waals surface area (Å²) in [6.07, 6.45) is 0. The van der Waals surface area contributed by atoms with E-state index in [1.165, 1.54) is 0 Å². The van der Waals surface area contributed by atoms with Gasteiger partial charge in [0.25, 0.3) is 0 Å². The van der Waals surface area contributed by atoms with Crippen molar-refractivity contribution in [3.63, 3.8) is 0 Å². The molecule has 0 aliphatic heterocycles. The first-order valence-electron chi connectivity index (χ1n) is 14.0. The number of aliphatic imine (C=N–C) groups is 2. The number of nitrogens with one attached hydrogen (secondary N) is 8. The molecule has 8 N–H and O–H groups in total. The maximum atomic E-state index is 12.5. The Labute approximate surface area is 246 Å². The van der Waals surface area contributed by atoms with Gasteiger partial charge in [-0.15, -0.1) is 0 Å². The van der Waals surface area contributed by atoms with Crippen molar-refractivity contribution in [1.82, 2.24) is 10.6 Å². The first-order valence-corrected chi connectivity index (χ1v) is 14.0. The minimum Gasteiger partial charge on any atom is -0.356 e. The summed E-state index contributed by atoms with van der Waals surface area (Å²) < 4.78 is 0. The average molecular weight is 573 g/mol. The van der Waals surface area contributed by atoms with Crippen LogP contribution in [0.3, 0.4) is 0 Å². The van der Waals surface area contributed by atoms with Gasteiger partial charge >= 0.3 is 12.1 Å². The minimum atomic E-state index is -0.383. The third kappa shape index (κ3) is 10.7. The van der Waals surface area contributed by atoms with Gasteiger partial charge in [0.1, 0.15) is 0 Å². The van der Waals surface area contributed by atoms with E-state index in [-0.39, 0.29) is 12.1 Å². The average Bonchev–Trinajstić information content (AvgIpc) is 2.97. The molecule has 0 bridgehead atoms. The number of amides is 4. The first-order chi connectivity index (χ1) is 20.4. The number of nitrogens with zero attached hydrogens (tertiary/aromatic N) is 2. The van der Waals surface area contributed by atoms with Gasteiger partial charge in [-0.05, 0) is 100 Å². The Morgan fingerprint density at radius 2 is 0.690 bits per heavy atom. The molecule has 0 saturated heterocycles. The van der Waals surface area contributed by atoms with E-state index in [4.69, 9.17) is 0 Å². The Balaban J connectivity index is 1.46. The van der Waals surface area contributed by atoms with Crippen molar-refractivity contribution < 1.29 is 9.59 Å². The second-order valence-corrected chi connectivity index (χ2v) is 8.85. The molecular formula is C30H40N10O2. The molecule has 3 aromatic carbocycles. The van der Waals surface area contributed by atoms with Gasteiger partial charge in [0.05, 0.1) is 0 Å². The molecule has 0 unspecified atom stereocenters. The summed E-state index contributed by atoms with van der Waals surface area (Å²) in [7, 11) is 0. The van der Waals surface area contributed by atoms with E-state index in [2.05, 4.69) is 52.5 Å². The summed E-state index contributed by atoms with van der Waals surface area (Å²) in [4.78, 5) is 33.7.